The average Bonchev–Trinajstić information content (AvgIpc) is 3.09. The molecule has 5 heterocycles. The van der Waals surface area contributed by atoms with E-state index >= 15 is 0 Å². The number of pyridine rings is 2. The van der Waals surface area contributed by atoms with Crippen LogP contribution in [0.4, 0.5) is 0 Å². The van der Waals surface area contributed by atoms with Gasteiger partial charge in [-0.3, -0.25) is 23.5 Å². The Hall–Kier alpha value is -3.30. The van der Waals surface area contributed by atoms with Gasteiger partial charge in [-0.05, 0) is 50.1 Å². The minimum Gasteiger partial charge on any atom is -0.281 e. The molecule has 0 aliphatic heterocycles. The summed E-state index contributed by atoms with van der Waals surface area (Å²) in [7, 11) is 0. The van der Waals surface area contributed by atoms with E-state index < -0.39 is 0 Å². The second-order valence-electron chi connectivity index (χ2n) is 7.88. The van der Waals surface area contributed by atoms with Crippen molar-refractivity contribution in [3.8, 4) is 0 Å². The molecule has 0 aliphatic rings. The van der Waals surface area contributed by atoms with Gasteiger partial charge in [-0.1, -0.05) is 23.9 Å². The first kappa shape index (κ1) is 21.5. The van der Waals surface area contributed by atoms with Crippen molar-refractivity contribution in [2.45, 2.75) is 38.2 Å². The van der Waals surface area contributed by atoms with Gasteiger partial charge in [-0.15, -0.1) is 11.3 Å². The Morgan fingerprint density at radius 1 is 1.03 bits per heavy atom. The molecule has 0 spiro atoms. The number of rotatable bonds is 5. The van der Waals surface area contributed by atoms with Crippen molar-refractivity contribution in [1.82, 2.24) is 23.9 Å². The number of fused-ring (bicyclic) bond motifs is 2. The maximum Gasteiger partial charge on any atom is 0.263 e. The lowest BCUT2D eigenvalue weighted by Crippen LogP contribution is -2.24. The number of nitrogens with zero attached hydrogens (tertiary/aromatic N) is 5. The Morgan fingerprint density at radius 3 is 2.67 bits per heavy atom. The summed E-state index contributed by atoms with van der Waals surface area (Å²) >= 11 is 2.93. The van der Waals surface area contributed by atoms with E-state index in [1.165, 1.54) is 23.1 Å². The highest BCUT2D eigenvalue weighted by atomic mass is 32.2. The molecule has 7 nitrogen and oxygen atoms in total. The lowest BCUT2D eigenvalue weighted by Gasteiger charge is -2.12. The van der Waals surface area contributed by atoms with Crippen LogP contribution < -0.4 is 11.1 Å². The van der Waals surface area contributed by atoms with Crippen LogP contribution in [0.5, 0.6) is 0 Å². The van der Waals surface area contributed by atoms with Crippen LogP contribution in [0.15, 0.2) is 63.5 Å². The third-order valence-corrected chi connectivity index (χ3v) is 7.62. The Kier molecular flexibility index (Phi) is 5.59. The van der Waals surface area contributed by atoms with Gasteiger partial charge in [-0.2, -0.15) is 0 Å². The SMILES string of the molecule is Cc1ccc2nc(CSc3nc4sc(C)c(C)c4c(=O)n3Cc3ccccn3)cc(=O)n2c1. The van der Waals surface area contributed by atoms with Crippen molar-refractivity contribution in [3.05, 3.63) is 96.9 Å². The molecule has 0 aromatic carbocycles. The molecule has 0 aliphatic carbocycles. The van der Waals surface area contributed by atoms with Gasteiger partial charge in [0, 0.05) is 29.1 Å². The highest BCUT2D eigenvalue weighted by Gasteiger charge is 2.18. The smallest absolute Gasteiger partial charge is 0.263 e. The number of aromatic nitrogens is 5. The third-order valence-electron chi connectivity index (χ3n) is 5.51. The van der Waals surface area contributed by atoms with Gasteiger partial charge >= 0.3 is 0 Å². The number of hydrogen-bond acceptors (Lipinski definition) is 7. The number of thioether (sulfide) groups is 1. The topological polar surface area (TPSA) is 82.2 Å². The standard InChI is InChI=1S/C24H21N5O2S2/c1-14-7-8-19-26-18(10-20(30)28(19)11-14)13-32-24-27-22-21(15(2)16(3)33-22)23(31)29(24)12-17-6-4-5-9-25-17/h4-11H,12-13H2,1-3H3. The molecular formula is C24H21N5O2S2. The van der Waals surface area contributed by atoms with Crippen LogP contribution in [-0.4, -0.2) is 23.9 Å². The van der Waals surface area contributed by atoms with Crippen molar-refractivity contribution in [3.63, 3.8) is 0 Å². The second-order valence-corrected chi connectivity index (χ2v) is 10.0. The molecule has 0 radical (unpaired) electrons. The van der Waals surface area contributed by atoms with Gasteiger partial charge in [0.15, 0.2) is 5.16 Å². The molecule has 5 aromatic rings. The van der Waals surface area contributed by atoms with Gasteiger partial charge in [-0.25, -0.2) is 9.97 Å². The summed E-state index contributed by atoms with van der Waals surface area (Å²) in [6.45, 7) is 6.23. The monoisotopic (exact) mass is 475 g/mol. The molecule has 9 heteroatoms. The molecule has 33 heavy (non-hydrogen) atoms. The molecule has 5 aromatic heterocycles. The number of hydrogen-bond donors (Lipinski definition) is 0. The number of thiophene rings is 1. The summed E-state index contributed by atoms with van der Waals surface area (Å²) in [6, 6.07) is 11.0. The summed E-state index contributed by atoms with van der Waals surface area (Å²) in [5.41, 5.74) is 3.79. The maximum atomic E-state index is 13.5. The van der Waals surface area contributed by atoms with E-state index in [1.807, 2.05) is 51.1 Å². The Balaban J connectivity index is 1.56. The predicted molar refractivity (Wildman–Crippen MR) is 132 cm³/mol. The molecule has 0 bridgehead atoms. The van der Waals surface area contributed by atoms with E-state index in [4.69, 9.17) is 4.98 Å². The molecular weight excluding hydrogens is 454 g/mol. The molecule has 0 saturated carbocycles. The Bertz CT molecular complexity index is 1620. The zero-order valence-electron chi connectivity index (χ0n) is 18.4. The minimum absolute atomic E-state index is 0.0722. The van der Waals surface area contributed by atoms with Crippen LogP contribution in [0.1, 0.15) is 27.4 Å². The first-order valence-corrected chi connectivity index (χ1v) is 12.2. The van der Waals surface area contributed by atoms with E-state index in [0.29, 0.717) is 34.2 Å². The van der Waals surface area contributed by atoms with Crippen LogP contribution in [0.25, 0.3) is 15.9 Å². The largest absolute Gasteiger partial charge is 0.281 e. The van der Waals surface area contributed by atoms with Gasteiger partial charge in [0.25, 0.3) is 11.1 Å². The lowest BCUT2D eigenvalue weighted by atomic mass is 10.2. The Labute approximate surface area is 197 Å². The van der Waals surface area contributed by atoms with Gasteiger partial charge < -0.3 is 0 Å². The van der Waals surface area contributed by atoms with Crippen LogP contribution in [0, 0.1) is 20.8 Å². The van der Waals surface area contributed by atoms with Gasteiger partial charge in [0.2, 0.25) is 0 Å². The van der Waals surface area contributed by atoms with Crippen LogP contribution >= 0.6 is 23.1 Å². The van der Waals surface area contributed by atoms with Crippen LogP contribution in [0.3, 0.4) is 0 Å². The molecule has 166 valence electrons. The fourth-order valence-corrected chi connectivity index (χ4v) is 5.64. The van der Waals surface area contributed by atoms with Gasteiger partial charge in [0.05, 0.1) is 23.3 Å². The molecule has 0 fully saturated rings. The van der Waals surface area contributed by atoms with Crippen molar-refractivity contribution >= 4 is 39.0 Å². The molecule has 0 amide bonds. The lowest BCUT2D eigenvalue weighted by molar-refractivity contribution is 0.647. The molecule has 0 saturated heterocycles. The summed E-state index contributed by atoms with van der Waals surface area (Å²) < 4.78 is 3.22. The summed E-state index contributed by atoms with van der Waals surface area (Å²) in [4.78, 5) is 41.7. The first-order valence-electron chi connectivity index (χ1n) is 10.4. The fraction of sp³-hybridized carbons (Fsp3) is 0.208. The van der Waals surface area contributed by atoms with Crippen LogP contribution in [0.2, 0.25) is 0 Å². The quantitative estimate of drug-likeness (QED) is 0.281. The molecule has 0 N–H and O–H groups in total. The number of aryl methyl sites for hydroxylation is 3. The molecule has 0 atom stereocenters. The minimum atomic E-state index is -0.127. The Morgan fingerprint density at radius 2 is 1.88 bits per heavy atom. The van der Waals surface area contributed by atoms with Crippen molar-refractivity contribution in [2.75, 3.05) is 0 Å². The van der Waals surface area contributed by atoms with E-state index in [0.717, 1.165) is 26.5 Å². The van der Waals surface area contributed by atoms with Gasteiger partial charge in [0.1, 0.15) is 10.5 Å². The normalized spacial score (nSPS) is 11.5. The van der Waals surface area contributed by atoms with E-state index in [2.05, 4.69) is 9.97 Å². The second kappa shape index (κ2) is 8.57. The van der Waals surface area contributed by atoms with Crippen molar-refractivity contribution in [2.24, 2.45) is 0 Å². The average molecular weight is 476 g/mol. The maximum absolute atomic E-state index is 13.5. The molecule has 5 rings (SSSR count). The van der Waals surface area contributed by atoms with E-state index in [1.54, 1.807) is 27.4 Å². The summed E-state index contributed by atoms with van der Waals surface area (Å²) in [5, 5.41) is 1.25. The highest BCUT2D eigenvalue weighted by molar-refractivity contribution is 7.98. The third kappa shape index (κ3) is 4.09. The summed E-state index contributed by atoms with van der Waals surface area (Å²) in [6.07, 6.45) is 3.50. The predicted octanol–water partition coefficient (Wildman–Crippen LogP) is 4.13. The molecule has 0 unspecified atom stereocenters. The zero-order chi connectivity index (χ0) is 23.1. The van der Waals surface area contributed by atoms with Crippen LogP contribution in [-0.2, 0) is 12.3 Å². The summed E-state index contributed by atoms with van der Waals surface area (Å²) in [5.74, 6) is 0.420. The van der Waals surface area contributed by atoms with Crippen molar-refractivity contribution in [1.29, 1.82) is 0 Å². The zero-order valence-corrected chi connectivity index (χ0v) is 20.0. The first-order chi connectivity index (χ1) is 15.9. The van der Waals surface area contributed by atoms with E-state index in [-0.39, 0.29) is 11.1 Å². The fourth-order valence-electron chi connectivity index (χ4n) is 3.68. The highest BCUT2D eigenvalue weighted by Crippen LogP contribution is 2.29. The van der Waals surface area contributed by atoms with E-state index in [9.17, 15) is 9.59 Å². The van der Waals surface area contributed by atoms with Crippen molar-refractivity contribution < 1.29 is 0 Å².